The van der Waals surface area contributed by atoms with Gasteiger partial charge in [-0.15, -0.1) is 0 Å². The van der Waals surface area contributed by atoms with E-state index in [1.54, 1.807) is 0 Å². The van der Waals surface area contributed by atoms with Crippen LogP contribution in [0.15, 0.2) is 78.9 Å². The maximum Gasteiger partial charge on any atom is 0.169 e. The fraction of sp³-hybridized carbons (Fsp3) is 0. The zero-order chi connectivity index (χ0) is 14.5. The quantitative estimate of drug-likeness (QED) is 0.677. The van der Waals surface area contributed by atoms with E-state index in [-0.39, 0.29) is 0 Å². The summed E-state index contributed by atoms with van der Waals surface area (Å²) in [6, 6.07) is 25.3. The molecule has 0 aliphatic heterocycles. The van der Waals surface area contributed by atoms with Gasteiger partial charge in [0.25, 0.3) is 0 Å². The van der Waals surface area contributed by atoms with Crippen LogP contribution in [-0.4, -0.2) is 7.85 Å². The molecule has 0 heterocycles. The number of ether oxygens (including phenoxy) is 2. The van der Waals surface area contributed by atoms with E-state index < -0.39 is 0 Å². The monoisotopic (exact) mass is 274 g/mol. The van der Waals surface area contributed by atoms with E-state index in [4.69, 9.17) is 9.47 Å². The SMILES string of the molecule is Bc1cccc(Oc2ccccc2)c1Oc1ccccc1. The van der Waals surface area contributed by atoms with Crippen LogP contribution in [0.25, 0.3) is 0 Å². The summed E-state index contributed by atoms with van der Waals surface area (Å²) >= 11 is 0. The van der Waals surface area contributed by atoms with E-state index in [2.05, 4.69) is 0 Å². The smallest absolute Gasteiger partial charge is 0.169 e. The Morgan fingerprint density at radius 3 is 1.76 bits per heavy atom. The highest BCUT2D eigenvalue weighted by Crippen LogP contribution is 2.32. The molecule has 0 aromatic heterocycles. The minimum absolute atomic E-state index is 0.713. The molecule has 0 amide bonds. The van der Waals surface area contributed by atoms with Crippen LogP contribution < -0.4 is 14.9 Å². The van der Waals surface area contributed by atoms with E-state index in [0.29, 0.717) is 5.75 Å². The second kappa shape index (κ2) is 6.18. The van der Waals surface area contributed by atoms with Crippen LogP contribution in [-0.2, 0) is 0 Å². The van der Waals surface area contributed by atoms with Gasteiger partial charge < -0.3 is 9.47 Å². The molecule has 21 heavy (non-hydrogen) atoms. The molecule has 3 heteroatoms. The highest BCUT2D eigenvalue weighted by Gasteiger charge is 2.10. The molecule has 3 aromatic carbocycles. The van der Waals surface area contributed by atoms with Crippen molar-refractivity contribution in [1.82, 2.24) is 0 Å². The molecular formula is C18H15BO2. The van der Waals surface area contributed by atoms with Gasteiger partial charge in [0.05, 0.1) is 0 Å². The molecule has 0 N–H and O–H groups in total. The lowest BCUT2D eigenvalue weighted by molar-refractivity contribution is 0.421. The number of hydrogen-bond acceptors (Lipinski definition) is 2. The summed E-state index contributed by atoms with van der Waals surface area (Å²) in [5.74, 6) is 3.04. The zero-order valence-electron chi connectivity index (χ0n) is 11.8. The Hall–Kier alpha value is -2.68. The molecule has 0 aliphatic rings. The molecule has 0 bridgehead atoms. The van der Waals surface area contributed by atoms with Gasteiger partial charge in [0.1, 0.15) is 19.3 Å². The van der Waals surface area contributed by atoms with Crippen molar-refractivity contribution in [3.63, 3.8) is 0 Å². The lowest BCUT2D eigenvalue weighted by Gasteiger charge is -2.14. The van der Waals surface area contributed by atoms with Crippen molar-refractivity contribution in [2.24, 2.45) is 0 Å². The Bertz CT molecular complexity index is 712. The molecule has 3 rings (SSSR count). The second-order valence-corrected chi connectivity index (χ2v) is 4.73. The van der Waals surface area contributed by atoms with Crippen molar-refractivity contribution < 1.29 is 9.47 Å². The van der Waals surface area contributed by atoms with E-state index >= 15 is 0 Å². The van der Waals surface area contributed by atoms with Crippen LogP contribution >= 0.6 is 0 Å². The first kappa shape index (κ1) is 13.3. The summed E-state index contributed by atoms with van der Waals surface area (Å²) in [6.45, 7) is 0. The molecule has 0 saturated carbocycles. The van der Waals surface area contributed by atoms with Gasteiger partial charge in [0.15, 0.2) is 11.5 Å². The minimum Gasteiger partial charge on any atom is -0.454 e. The third-order valence-electron chi connectivity index (χ3n) is 3.11. The Labute approximate surface area is 125 Å². The average Bonchev–Trinajstić information content (AvgIpc) is 2.53. The van der Waals surface area contributed by atoms with E-state index in [0.717, 1.165) is 22.7 Å². The lowest BCUT2D eigenvalue weighted by atomic mass is 9.95. The van der Waals surface area contributed by atoms with Gasteiger partial charge >= 0.3 is 0 Å². The predicted molar refractivity (Wildman–Crippen MR) is 87.7 cm³/mol. The number of hydrogen-bond donors (Lipinski definition) is 0. The van der Waals surface area contributed by atoms with Crippen LogP contribution in [0.3, 0.4) is 0 Å². The van der Waals surface area contributed by atoms with Crippen molar-refractivity contribution in [1.29, 1.82) is 0 Å². The lowest BCUT2D eigenvalue weighted by Crippen LogP contribution is -2.07. The van der Waals surface area contributed by atoms with Crippen molar-refractivity contribution in [2.75, 3.05) is 0 Å². The molecule has 0 unspecified atom stereocenters. The van der Waals surface area contributed by atoms with Crippen LogP contribution in [0.1, 0.15) is 0 Å². The Morgan fingerprint density at radius 1 is 0.571 bits per heavy atom. The van der Waals surface area contributed by atoms with Crippen LogP contribution in [0.2, 0.25) is 0 Å². The van der Waals surface area contributed by atoms with Gasteiger partial charge in [-0.2, -0.15) is 0 Å². The fourth-order valence-corrected chi connectivity index (χ4v) is 2.06. The summed E-state index contributed by atoms with van der Waals surface area (Å²) < 4.78 is 11.9. The standard InChI is InChI=1S/C18H15BO2/c19-16-12-7-13-17(20-14-8-3-1-4-9-14)18(16)21-15-10-5-2-6-11-15/h1-13H,19H2. The van der Waals surface area contributed by atoms with Gasteiger partial charge in [0.2, 0.25) is 0 Å². The molecule has 0 aliphatic carbocycles. The maximum absolute atomic E-state index is 5.99. The predicted octanol–water partition coefficient (Wildman–Crippen LogP) is 3.53. The summed E-state index contributed by atoms with van der Waals surface area (Å²) in [6.07, 6.45) is 0. The van der Waals surface area contributed by atoms with Crippen molar-refractivity contribution in [2.45, 2.75) is 0 Å². The number of benzene rings is 3. The molecule has 102 valence electrons. The summed E-state index contributed by atoms with van der Waals surface area (Å²) in [7, 11) is 2.01. The van der Waals surface area contributed by atoms with Gasteiger partial charge in [-0.1, -0.05) is 48.5 Å². The maximum atomic E-state index is 5.99. The molecule has 0 atom stereocenters. The largest absolute Gasteiger partial charge is 0.454 e. The summed E-state index contributed by atoms with van der Waals surface area (Å²) in [5, 5.41) is 0. The summed E-state index contributed by atoms with van der Waals surface area (Å²) in [4.78, 5) is 0. The normalized spacial score (nSPS) is 10.1. The van der Waals surface area contributed by atoms with E-state index in [1.165, 1.54) is 0 Å². The van der Waals surface area contributed by atoms with Gasteiger partial charge in [-0.3, -0.25) is 0 Å². The minimum atomic E-state index is 0.713. The highest BCUT2D eigenvalue weighted by molar-refractivity contribution is 6.34. The molecule has 0 spiro atoms. The van der Waals surface area contributed by atoms with Crippen LogP contribution in [0, 0.1) is 0 Å². The van der Waals surface area contributed by atoms with Gasteiger partial charge in [-0.25, -0.2) is 0 Å². The number of para-hydroxylation sites is 3. The van der Waals surface area contributed by atoms with Crippen molar-refractivity contribution >= 4 is 13.3 Å². The first-order valence-corrected chi connectivity index (χ1v) is 6.88. The van der Waals surface area contributed by atoms with Gasteiger partial charge in [-0.05, 0) is 35.8 Å². The van der Waals surface area contributed by atoms with Crippen molar-refractivity contribution in [3.8, 4) is 23.0 Å². The molecule has 0 radical (unpaired) electrons. The third kappa shape index (κ3) is 3.26. The molecular weight excluding hydrogens is 259 g/mol. The molecule has 0 saturated heterocycles. The van der Waals surface area contributed by atoms with Crippen LogP contribution in [0.4, 0.5) is 0 Å². The Balaban J connectivity index is 1.92. The fourth-order valence-electron chi connectivity index (χ4n) is 2.06. The first-order chi connectivity index (χ1) is 10.3. The zero-order valence-corrected chi connectivity index (χ0v) is 11.8. The average molecular weight is 274 g/mol. The van der Waals surface area contributed by atoms with E-state index in [1.807, 2.05) is 86.7 Å². The van der Waals surface area contributed by atoms with Crippen LogP contribution in [0.5, 0.6) is 23.0 Å². The molecule has 0 fully saturated rings. The number of rotatable bonds is 4. The first-order valence-electron chi connectivity index (χ1n) is 6.88. The highest BCUT2D eigenvalue weighted by atomic mass is 16.5. The molecule has 2 nitrogen and oxygen atoms in total. The Morgan fingerprint density at radius 2 is 1.14 bits per heavy atom. The Kier molecular flexibility index (Phi) is 3.92. The van der Waals surface area contributed by atoms with E-state index in [9.17, 15) is 0 Å². The van der Waals surface area contributed by atoms with Gasteiger partial charge in [0, 0.05) is 0 Å². The second-order valence-electron chi connectivity index (χ2n) is 4.73. The third-order valence-corrected chi connectivity index (χ3v) is 3.11. The van der Waals surface area contributed by atoms with Crippen molar-refractivity contribution in [3.05, 3.63) is 78.9 Å². The molecule has 3 aromatic rings. The summed E-state index contributed by atoms with van der Waals surface area (Å²) in [5.41, 5.74) is 1.03. The topological polar surface area (TPSA) is 18.5 Å².